The number of carboxylic acid groups (broad SMARTS) is 1. The van der Waals surface area contributed by atoms with Crippen LogP contribution < -0.4 is 0 Å². The summed E-state index contributed by atoms with van der Waals surface area (Å²) < 4.78 is 1.52. The van der Waals surface area contributed by atoms with Gasteiger partial charge in [0.15, 0.2) is 6.04 Å². The maximum absolute atomic E-state index is 11.5. The van der Waals surface area contributed by atoms with Crippen LogP contribution >= 0.6 is 0 Å². The molecule has 0 fully saturated rings. The third kappa shape index (κ3) is 2.83. The standard InChI is InChI=1S/C11H17N3O3/c1-7(2)14(8(3)15)10(11(16)17)9-5-12-13(4)6-9/h5-7,10H,1-4H3,(H,16,17). The number of amides is 1. The van der Waals surface area contributed by atoms with Crippen molar-refractivity contribution < 1.29 is 14.7 Å². The molecule has 17 heavy (non-hydrogen) atoms. The molecule has 1 aromatic rings. The van der Waals surface area contributed by atoms with Gasteiger partial charge in [-0.3, -0.25) is 9.48 Å². The zero-order chi connectivity index (χ0) is 13.2. The molecule has 6 nitrogen and oxygen atoms in total. The number of hydrogen-bond acceptors (Lipinski definition) is 3. The van der Waals surface area contributed by atoms with Crippen LogP contribution in [-0.4, -0.2) is 37.7 Å². The summed E-state index contributed by atoms with van der Waals surface area (Å²) in [4.78, 5) is 24.2. The van der Waals surface area contributed by atoms with E-state index in [4.69, 9.17) is 0 Å². The van der Waals surface area contributed by atoms with Gasteiger partial charge in [-0.15, -0.1) is 0 Å². The largest absolute Gasteiger partial charge is 0.479 e. The Labute approximate surface area is 99.8 Å². The summed E-state index contributed by atoms with van der Waals surface area (Å²) >= 11 is 0. The third-order valence-electron chi connectivity index (χ3n) is 2.47. The monoisotopic (exact) mass is 239 g/mol. The minimum atomic E-state index is -1.05. The van der Waals surface area contributed by atoms with Crippen molar-refractivity contribution in [3.8, 4) is 0 Å². The van der Waals surface area contributed by atoms with Crippen LogP contribution in [0.15, 0.2) is 12.4 Å². The number of aromatic nitrogens is 2. The highest BCUT2D eigenvalue weighted by Crippen LogP contribution is 2.23. The average molecular weight is 239 g/mol. The van der Waals surface area contributed by atoms with Crippen LogP contribution in [-0.2, 0) is 16.6 Å². The van der Waals surface area contributed by atoms with Crippen molar-refractivity contribution >= 4 is 11.9 Å². The lowest BCUT2D eigenvalue weighted by atomic mass is 10.1. The molecule has 0 saturated heterocycles. The van der Waals surface area contributed by atoms with Gasteiger partial charge in [0.25, 0.3) is 0 Å². The topological polar surface area (TPSA) is 75.4 Å². The van der Waals surface area contributed by atoms with Gasteiger partial charge in [0.1, 0.15) is 0 Å². The number of carbonyl (C=O) groups is 2. The summed E-state index contributed by atoms with van der Waals surface area (Å²) in [5, 5.41) is 13.2. The molecule has 6 heteroatoms. The molecule has 1 unspecified atom stereocenters. The molecule has 0 saturated carbocycles. The molecule has 1 N–H and O–H groups in total. The van der Waals surface area contributed by atoms with E-state index < -0.39 is 12.0 Å². The van der Waals surface area contributed by atoms with Crippen molar-refractivity contribution in [3.63, 3.8) is 0 Å². The van der Waals surface area contributed by atoms with E-state index in [1.165, 1.54) is 22.7 Å². The number of hydrogen-bond donors (Lipinski definition) is 1. The maximum Gasteiger partial charge on any atom is 0.331 e. The molecule has 0 aromatic carbocycles. The first-order valence-corrected chi connectivity index (χ1v) is 5.34. The molecule has 0 aliphatic rings. The Morgan fingerprint density at radius 3 is 2.35 bits per heavy atom. The van der Waals surface area contributed by atoms with Crippen LogP contribution in [0.4, 0.5) is 0 Å². The molecule has 0 bridgehead atoms. The van der Waals surface area contributed by atoms with E-state index in [0.717, 1.165) is 0 Å². The molecule has 0 spiro atoms. The minimum Gasteiger partial charge on any atom is -0.479 e. The third-order valence-corrected chi connectivity index (χ3v) is 2.47. The molecule has 1 heterocycles. The Bertz CT molecular complexity index is 425. The van der Waals surface area contributed by atoms with Gasteiger partial charge < -0.3 is 10.0 Å². The molecule has 0 aliphatic heterocycles. The Morgan fingerprint density at radius 1 is 1.47 bits per heavy atom. The zero-order valence-corrected chi connectivity index (χ0v) is 10.4. The molecule has 1 amide bonds. The smallest absolute Gasteiger partial charge is 0.331 e. The number of rotatable bonds is 4. The van der Waals surface area contributed by atoms with Crippen molar-refractivity contribution in [1.29, 1.82) is 0 Å². The molecule has 0 radical (unpaired) electrons. The summed E-state index contributed by atoms with van der Waals surface area (Å²) in [6.07, 6.45) is 3.08. The molecular formula is C11H17N3O3. The fraction of sp³-hybridized carbons (Fsp3) is 0.545. The van der Waals surface area contributed by atoms with Gasteiger partial charge in [0, 0.05) is 31.8 Å². The second kappa shape index (κ2) is 4.99. The summed E-state index contributed by atoms with van der Waals surface area (Å²) in [7, 11) is 1.70. The van der Waals surface area contributed by atoms with E-state index in [2.05, 4.69) is 5.10 Å². The highest BCUT2D eigenvalue weighted by atomic mass is 16.4. The van der Waals surface area contributed by atoms with Gasteiger partial charge in [0.2, 0.25) is 5.91 Å². The van der Waals surface area contributed by atoms with Crippen LogP contribution in [0.25, 0.3) is 0 Å². The van der Waals surface area contributed by atoms with Gasteiger partial charge in [0.05, 0.1) is 6.20 Å². The molecule has 1 rings (SSSR count). The normalized spacial score (nSPS) is 12.5. The SMILES string of the molecule is CC(=O)N(C(C)C)C(C(=O)O)c1cnn(C)c1. The molecule has 1 aromatic heterocycles. The van der Waals surface area contributed by atoms with Crippen LogP contribution in [0.2, 0.25) is 0 Å². The predicted molar refractivity (Wildman–Crippen MR) is 61.2 cm³/mol. The van der Waals surface area contributed by atoms with Crippen LogP contribution in [0, 0.1) is 0 Å². The first kappa shape index (κ1) is 13.2. The summed E-state index contributed by atoms with van der Waals surface area (Å²) in [6, 6.07) is -1.17. The Kier molecular flexibility index (Phi) is 3.88. The van der Waals surface area contributed by atoms with Crippen molar-refractivity contribution in [2.24, 2.45) is 7.05 Å². The van der Waals surface area contributed by atoms with E-state index >= 15 is 0 Å². The Morgan fingerprint density at radius 2 is 2.06 bits per heavy atom. The first-order chi connectivity index (χ1) is 7.84. The lowest BCUT2D eigenvalue weighted by Crippen LogP contribution is -2.42. The quantitative estimate of drug-likeness (QED) is 0.843. The average Bonchev–Trinajstić information content (AvgIpc) is 2.58. The van der Waals surface area contributed by atoms with Gasteiger partial charge >= 0.3 is 5.97 Å². The number of aryl methyl sites for hydroxylation is 1. The predicted octanol–water partition coefficient (Wildman–Crippen LogP) is 0.803. The van der Waals surface area contributed by atoms with E-state index in [0.29, 0.717) is 5.56 Å². The van der Waals surface area contributed by atoms with Crippen molar-refractivity contribution in [2.75, 3.05) is 0 Å². The lowest BCUT2D eigenvalue weighted by molar-refractivity contribution is -0.151. The second-order valence-corrected chi connectivity index (χ2v) is 4.21. The summed E-state index contributed by atoms with van der Waals surface area (Å²) in [5.74, 6) is -1.32. The number of aliphatic carboxylic acids is 1. The van der Waals surface area contributed by atoms with Gasteiger partial charge in [-0.25, -0.2) is 4.79 Å². The van der Waals surface area contributed by atoms with E-state index in [-0.39, 0.29) is 11.9 Å². The van der Waals surface area contributed by atoms with Gasteiger partial charge in [-0.2, -0.15) is 5.10 Å². The van der Waals surface area contributed by atoms with Crippen LogP contribution in [0.1, 0.15) is 32.4 Å². The number of carbonyl (C=O) groups excluding carboxylic acids is 1. The Hall–Kier alpha value is -1.85. The van der Waals surface area contributed by atoms with Gasteiger partial charge in [-0.05, 0) is 13.8 Å². The fourth-order valence-electron chi connectivity index (χ4n) is 1.85. The van der Waals surface area contributed by atoms with E-state index in [1.54, 1.807) is 27.1 Å². The molecule has 94 valence electrons. The first-order valence-electron chi connectivity index (χ1n) is 5.34. The van der Waals surface area contributed by atoms with E-state index in [9.17, 15) is 14.7 Å². The molecule has 0 aliphatic carbocycles. The van der Waals surface area contributed by atoms with Crippen molar-refractivity contribution in [3.05, 3.63) is 18.0 Å². The van der Waals surface area contributed by atoms with Crippen molar-refractivity contribution in [2.45, 2.75) is 32.9 Å². The number of carboxylic acids is 1. The van der Waals surface area contributed by atoms with Crippen LogP contribution in [0.3, 0.4) is 0 Å². The van der Waals surface area contributed by atoms with Crippen molar-refractivity contribution in [1.82, 2.24) is 14.7 Å². The highest BCUT2D eigenvalue weighted by molar-refractivity contribution is 5.83. The Balaban J connectivity index is 3.16. The summed E-state index contributed by atoms with van der Waals surface area (Å²) in [5.41, 5.74) is 0.504. The number of nitrogens with zero attached hydrogens (tertiary/aromatic N) is 3. The minimum absolute atomic E-state index is 0.186. The zero-order valence-electron chi connectivity index (χ0n) is 10.4. The highest BCUT2D eigenvalue weighted by Gasteiger charge is 2.32. The maximum atomic E-state index is 11.5. The van der Waals surface area contributed by atoms with Crippen LogP contribution in [0.5, 0.6) is 0 Å². The second-order valence-electron chi connectivity index (χ2n) is 4.21. The van der Waals surface area contributed by atoms with Gasteiger partial charge in [-0.1, -0.05) is 0 Å². The fourth-order valence-corrected chi connectivity index (χ4v) is 1.85. The van der Waals surface area contributed by atoms with E-state index in [1.807, 2.05) is 0 Å². The molecule has 1 atom stereocenters. The lowest BCUT2D eigenvalue weighted by Gasteiger charge is -2.30. The summed E-state index contributed by atoms with van der Waals surface area (Å²) in [6.45, 7) is 4.94. The molecular weight excluding hydrogens is 222 g/mol.